The lowest BCUT2D eigenvalue weighted by atomic mass is 9.98. The molecule has 0 spiro atoms. The van der Waals surface area contributed by atoms with Crippen LogP contribution in [0.3, 0.4) is 0 Å². The Balaban J connectivity index is 2.41. The maximum atomic E-state index is 9.69. The number of aliphatic imine (C=N–C) groups is 1. The summed E-state index contributed by atoms with van der Waals surface area (Å²) in [4.78, 5) is 8.48. The molecular formula is C11H18N4O. The molecule has 0 aliphatic carbocycles. The maximum absolute atomic E-state index is 9.69. The molecule has 1 aliphatic rings. The highest BCUT2D eigenvalue weighted by atomic mass is 16.3. The lowest BCUT2D eigenvalue weighted by molar-refractivity contribution is 0.158. The number of hydrogen-bond donors (Lipinski definition) is 2. The van der Waals surface area contributed by atoms with Crippen LogP contribution >= 0.6 is 0 Å². The van der Waals surface area contributed by atoms with Gasteiger partial charge < -0.3 is 15.0 Å². The summed E-state index contributed by atoms with van der Waals surface area (Å²) in [5, 5.41) is 12.4. The quantitative estimate of drug-likeness (QED) is 0.817. The van der Waals surface area contributed by atoms with Gasteiger partial charge in [0, 0.05) is 5.54 Å². The van der Waals surface area contributed by atoms with Crippen LogP contribution < -0.4 is 5.32 Å². The van der Waals surface area contributed by atoms with Crippen molar-refractivity contribution in [1.29, 1.82) is 0 Å². The largest absolute Gasteiger partial charge is 0.368 e. The summed E-state index contributed by atoms with van der Waals surface area (Å²) in [5.74, 6) is 0.754. The fourth-order valence-corrected chi connectivity index (χ4v) is 2.10. The molecule has 5 nitrogen and oxygen atoms in total. The first-order valence-corrected chi connectivity index (χ1v) is 5.60. The Morgan fingerprint density at radius 3 is 3.00 bits per heavy atom. The average molecular weight is 222 g/mol. The molecule has 1 aromatic heterocycles. The number of nitrogens with zero attached hydrogens (tertiary/aromatic N) is 3. The smallest absolute Gasteiger partial charge is 0.172 e. The van der Waals surface area contributed by atoms with Gasteiger partial charge in [0.15, 0.2) is 12.0 Å². The third-order valence-corrected chi connectivity index (χ3v) is 2.96. The SMILES string of the molecule is CCCC(C)(C)n1cnc2c1N=CNC2O. The van der Waals surface area contributed by atoms with Crippen molar-refractivity contribution in [2.24, 2.45) is 4.99 Å². The summed E-state index contributed by atoms with van der Waals surface area (Å²) in [6.07, 6.45) is 4.69. The summed E-state index contributed by atoms with van der Waals surface area (Å²) in [5.41, 5.74) is 0.579. The van der Waals surface area contributed by atoms with E-state index in [4.69, 9.17) is 0 Å². The standard InChI is InChI=1S/C11H18N4O/c1-4-5-11(2,3)15-7-14-8-9(15)12-6-13-10(8)16/h6-7,10,16H,4-5H2,1-3H3,(H,12,13). The molecule has 0 bridgehead atoms. The van der Waals surface area contributed by atoms with E-state index in [0.29, 0.717) is 5.69 Å². The van der Waals surface area contributed by atoms with Crippen molar-refractivity contribution in [3.8, 4) is 0 Å². The Kier molecular flexibility index (Phi) is 2.71. The summed E-state index contributed by atoms with van der Waals surface area (Å²) in [6.45, 7) is 6.47. The van der Waals surface area contributed by atoms with Crippen LogP contribution in [-0.2, 0) is 5.54 Å². The van der Waals surface area contributed by atoms with Gasteiger partial charge >= 0.3 is 0 Å². The number of fused-ring (bicyclic) bond motifs is 1. The topological polar surface area (TPSA) is 62.4 Å². The molecule has 1 unspecified atom stereocenters. The number of rotatable bonds is 3. The van der Waals surface area contributed by atoms with Crippen LogP contribution in [0.4, 0.5) is 5.82 Å². The average Bonchev–Trinajstić information content (AvgIpc) is 2.63. The van der Waals surface area contributed by atoms with Crippen molar-refractivity contribution in [2.75, 3.05) is 0 Å². The van der Waals surface area contributed by atoms with Crippen LogP contribution in [0.5, 0.6) is 0 Å². The Morgan fingerprint density at radius 2 is 2.31 bits per heavy atom. The van der Waals surface area contributed by atoms with E-state index in [1.54, 1.807) is 6.33 Å². The molecule has 0 radical (unpaired) electrons. The highest BCUT2D eigenvalue weighted by Gasteiger charge is 2.27. The molecule has 0 aromatic carbocycles. The second kappa shape index (κ2) is 3.90. The van der Waals surface area contributed by atoms with Gasteiger partial charge in [-0.15, -0.1) is 0 Å². The minimum absolute atomic E-state index is 0.0241. The highest BCUT2D eigenvalue weighted by Crippen LogP contribution is 2.32. The second-order valence-electron chi connectivity index (χ2n) is 4.71. The van der Waals surface area contributed by atoms with Gasteiger partial charge in [-0.3, -0.25) is 0 Å². The van der Waals surface area contributed by atoms with Gasteiger partial charge in [-0.1, -0.05) is 13.3 Å². The van der Waals surface area contributed by atoms with Crippen molar-refractivity contribution in [1.82, 2.24) is 14.9 Å². The van der Waals surface area contributed by atoms with Crippen molar-refractivity contribution >= 4 is 12.2 Å². The van der Waals surface area contributed by atoms with E-state index >= 15 is 0 Å². The van der Waals surface area contributed by atoms with Gasteiger partial charge in [0.25, 0.3) is 0 Å². The minimum Gasteiger partial charge on any atom is -0.368 e. The van der Waals surface area contributed by atoms with E-state index in [2.05, 4.69) is 36.1 Å². The third kappa shape index (κ3) is 1.71. The zero-order chi connectivity index (χ0) is 11.8. The molecule has 16 heavy (non-hydrogen) atoms. The van der Waals surface area contributed by atoms with Crippen LogP contribution in [0.25, 0.3) is 0 Å². The summed E-state index contributed by atoms with van der Waals surface area (Å²) >= 11 is 0. The summed E-state index contributed by atoms with van der Waals surface area (Å²) in [7, 11) is 0. The van der Waals surface area contributed by atoms with Crippen LogP contribution in [-0.4, -0.2) is 21.0 Å². The molecule has 1 atom stereocenters. The molecule has 0 amide bonds. The van der Waals surface area contributed by atoms with E-state index in [1.807, 2.05) is 4.57 Å². The lowest BCUT2D eigenvalue weighted by Gasteiger charge is -2.28. The number of nitrogens with one attached hydrogen (secondary N) is 1. The maximum Gasteiger partial charge on any atom is 0.172 e. The second-order valence-corrected chi connectivity index (χ2v) is 4.71. The van der Waals surface area contributed by atoms with Crippen molar-refractivity contribution in [3.05, 3.63) is 12.0 Å². The van der Waals surface area contributed by atoms with Crippen LogP contribution in [0.15, 0.2) is 11.3 Å². The third-order valence-electron chi connectivity index (χ3n) is 2.96. The number of aliphatic hydroxyl groups is 1. The fourth-order valence-electron chi connectivity index (χ4n) is 2.10. The van der Waals surface area contributed by atoms with Crippen molar-refractivity contribution < 1.29 is 5.11 Å². The van der Waals surface area contributed by atoms with E-state index in [1.165, 1.54) is 6.34 Å². The number of aromatic nitrogens is 2. The Hall–Kier alpha value is -1.36. The first-order valence-electron chi connectivity index (χ1n) is 5.60. The van der Waals surface area contributed by atoms with E-state index in [-0.39, 0.29) is 5.54 Å². The molecular weight excluding hydrogens is 204 g/mol. The number of hydrogen-bond acceptors (Lipinski definition) is 4. The predicted molar refractivity (Wildman–Crippen MR) is 62.7 cm³/mol. The first kappa shape index (κ1) is 11.1. The number of aliphatic hydroxyl groups excluding tert-OH is 1. The highest BCUT2D eigenvalue weighted by molar-refractivity contribution is 5.64. The van der Waals surface area contributed by atoms with Gasteiger partial charge in [0.1, 0.15) is 5.69 Å². The Morgan fingerprint density at radius 1 is 1.56 bits per heavy atom. The zero-order valence-corrected chi connectivity index (χ0v) is 9.94. The van der Waals surface area contributed by atoms with Crippen LogP contribution in [0, 0.1) is 0 Å². The van der Waals surface area contributed by atoms with E-state index < -0.39 is 6.23 Å². The van der Waals surface area contributed by atoms with E-state index in [0.717, 1.165) is 18.7 Å². The Labute approximate surface area is 95.2 Å². The molecule has 1 aliphatic heterocycles. The molecule has 0 fully saturated rings. The zero-order valence-electron chi connectivity index (χ0n) is 9.94. The van der Waals surface area contributed by atoms with Gasteiger partial charge in [-0.25, -0.2) is 9.98 Å². The lowest BCUT2D eigenvalue weighted by Crippen LogP contribution is -2.27. The van der Waals surface area contributed by atoms with Crippen LogP contribution in [0.1, 0.15) is 45.5 Å². The molecule has 2 heterocycles. The van der Waals surface area contributed by atoms with Gasteiger partial charge in [-0.2, -0.15) is 0 Å². The summed E-state index contributed by atoms with van der Waals surface area (Å²) < 4.78 is 2.03. The van der Waals surface area contributed by atoms with E-state index in [9.17, 15) is 5.11 Å². The van der Waals surface area contributed by atoms with Crippen molar-refractivity contribution in [2.45, 2.75) is 45.4 Å². The predicted octanol–water partition coefficient (Wildman–Crippen LogP) is 1.67. The molecule has 0 saturated heterocycles. The molecule has 2 rings (SSSR count). The molecule has 5 heteroatoms. The molecule has 88 valence electrons. The fraction of sp³-hybridized carbons (Fsp3) is 0.636. The molecule has 2 N–H and O–H groups in total. The molecule has 1 aromatic rings. The van der Waals surface area contributed by atoms with Gasteiger partial charge in [0.2, 0.25) is 0 Å². The minimum atomic E-state index is -0.744. The normalized spacial score (nSPS) is 19.4. The molecule has 0 saturated carbocycles. The van der Waals surface area contributed by atoms with Crippen LogP contribution in [0.2, 0.25) is 0 Å². The first-order chi connectivity index (χ1) is 7.56. The van der Waals surface area contributed by atoms with Crippen molar-refractivity contribution in [3.63, 3.8) is 0 Å². The number of imidazole rings is 1. The monoisotopic (exact) mass is 222 g/mol. The van der Waals surface area contributed by atoms with Gasteiger partial charge in [-0.05, 0) is 20.3 Å². The van der Waals surface area contributed by atoms with Gasteiger partial charge in [0.05, 0.1) is 12.7 Å². The Bertz CT molecular complexity index is 408. The summed E-state index contributed by atoms with van der Waals surface area (Å²) in [6, 6.07) is 0.